The fourth-order valence-electron chi connectivity index (χ4n) is 2.53. The third-order valence-corrected chi connectivity index (χ3v) is 5.03. The zero-order valence-corrected chi connectivity index (χ0v) is 16.0. The van der Waals surface area contributed by atoms with Crippen molar-refractivity contribution in [1.82, 2.24) is 4.68 Å². The maximum absolute atomic E-state index is 4.72. The number of aromatic nitrogens is 1. The molecule has 2 aromatic carbocycles. The number of hydrogen-bond donors (Lipinski definition) is 0. The summed E-state index contributed by atoms with van der Waals surface area (Å²) in [6.45, 7) is 9.15. The minimum atomic E-state index is 0.743. The van der Waals surface area contributed by atoms with Gasteiger partial charge in [-0.05, 0) is 50.5 Å². The van der Waals surface area contributed by atoms with Crippen LogP contribution in [0.5, 0.6) is 0 Å². The van der Waals surface area contributed by atoms with Gasteiger partial charge < -0.3 is 0 Å². The van der Waals surface area contributed by atoms with E-state index in [1.54, 1.807) is 11.3 Å². The first-order valence-corrected chi connectivity index (χ1v) is 9.36. The third kappa shape index (κ3) is 3.97. The standard InChI is InChI=1S/C21H23N3S/c1-5-22-21-24(23-13-18-9-6-15(2)7-10-18)20(14-25-21)19-11-8-16(3)17(4)12-19/h6-14H,5H2,1-4H3. The number of nitrogens with zero attached hydrogens (tertiary/aromatic N) is 3. The van der Waals surface area contributed by atoms with Crippen molar-refractivity contribution in [2.75, 3.05) is 6.54 Å². The zero-order valence-electron chi connectivity index (χ0n) is 15.2. The first-order chi connectivity index (χ1) is 12.1. The van der Waals surface area contributed by atoms with E-state index < -0.39 is 0 Å². The van der Waals surface area contributed by atoms with Gasteiger partial charge in [-0.1, -0.05) is 42.0 Å². The predicted octanol–water partition coefficient (Wildman–Crippen LogP) is 4.94. The van der Waals surface area contributed by atoms with Gasteiger partial charge in [-0.25, -0.2) is 4.68 Å². The van der Waals surface area contributed by atoms with Crippen LogP contribution in [0, 0.1) is 20.8 Å². The van der Waals surface area contributed by atoms with Crippen LogP contribution in [0.2, 0.25) is 0 Å². The van der Waals surface area contributed by atoms with Crippen LogP contribution in [-0.2, 0) is 0 Å². The predicted molar refractivity (Wildman–Crippen MR) is 107 cm³/mol. The monoisotopic (exact) mass is 349 g/mol. The van der Waals surface area contributed by atoms with Crippen LogP contribution in [-0.4, -0.2) is 17.4 Å². The van der Waals surface area contributed by atoms with Crippen molar-refractivity contribution in [1.29, 1.82) is 0 Å². The van der Waals surface area contributed by atoms with E-state index >= 15 is 0 Å². The van der Waals surface area contributed by atoms with Crippen molar-refractivity contribution >= 4 is 17.6 Å². The highest BCUT2D eigenvalue weighted by atomic mass is 32.1. The zero-order chi connectivity index (χ0) is 17.8. The normalized spacial score (nSPS) is 12.2. The second-order valence-electron chi connectivity index (χ2n) is 6.14. The van der Waals surface area contributed by atoms with Crippen molar-refractivity contribution < 1.29 is 0 Å². The summed E-state index contributed by atoms with van der Waals surface area (Å²) in [4.78, 5) is 5.50. The summed E-state index contributed by atoms with van der Waals surface area (Å²) in [7, 11) is 0. The molecule has 4 heteroatoms. The second-order valence-corrected chi connectivity index (χ2v) is 6.98. The van der Waals surface area contributed by atoms with Gasteiger partial charge in [-0.2, -0.15) is 5.10 Å². The smallest absolute Gasteiger partial charge is 0.206 e. The minimum absolute atomic E-state index is 0.743. The number of thiazole rings is 1. The molecule has 3 aromatic rings. The molecule has 0 aliphatic carbocycles. The lowest BCUT2D eigenvalue weighted by atomic mass is 10.1. The Kier molecular flexibility index (Phi) is 5.29. The van der Waals surface area contributed by atoms with Crippen LogP contribution >= 0.6 is 11.3 Å². The maximum atomic E-state index is 4.72. The van der Waals surface area contributed by atoms with Gasteiger partial charge in [0.25, 0.3) is 0 Å². The lowest BCUT2D eigenvalue weighted by molar-refractivity contribution is 0.833. The van der Waals surface area contributed by atoms with Gasteiger partial charge in [0.1, 0.15) is 0 Å². The molecule has 1 aromatic heterocycles. The molecule has 0 amide bonds. The average molecular weight is 350 g/mol. The van der Waals surface area contributed by atoms with Crippen molar-refractivity contribution in [3.05, 3.63) is 74.9 Å². The van der Waals surface area contributed by atoms with Crippen molar-refractivity contribution in [2.45, 2.75) is 27.7 Å². The quantitative estimate of drug-likeness (QED) is 0.597. The molecule has 0 aliphatic heterocycles. The summed E-state index contributed by atoms with van der Waals surface area (Å²) in [5, 5.41) is 6.85. The van der Waals surface area contributed by atoms with E-state index in [4.69, 9.17) is 5.10 Å². The van der Waals surface area contributed by atoms with Gasteiger partial charge >= 0.3 is 0 Å². The van der Waals surface area contributed by atoms with Crippen LogP contribution < -0.4 is 4.80 Å². The van der Waals surface area contributed by atoms with Crippen LogP contribution in [0.4, 0.5) is 0 Å². The number of benzene rings is 2. The van der Waals surface area contributed by atoms with E-state index in [0.717, 1.165) is 28.2 Å². The van der Waals surface area contributed by atoms with Crippen LogP contribution in [0.15, 0.2) is 57.9 Å². The third-order valence-electron chi connectivity index (χ3n) is 4.18. The highest BCUT2D eigenvalue weighted by Crippen LogP contribution is 2.23. The van der Waals surface area contributed by atoms with Crippen LogP contribution in [0.1, 0.15) is 29.2 Å². The second kappa shape index (κ2) is 7.62. The first-order valence-electron chi connectivity index (χ1n) is 8.48. The molecule has 0 aliphatic rings. The summed E-state index contributed by atoms with van der Waals surface area (Å²) >= 11 is 1.63. The lowest BCUT2D eigenvalue weighted by Crippen LogP contribution is -2.12. The Morgan fingerprint density at radius 3 is 2.44 bits per heavy atom. The maximum Gasteiger partial charge on any atom is 0.206 e. The summed E-state index contributed by atoms with van der Waals surface area (Å²) < 4.78 is 1.94. The molecule has 0 radical (unpaired) electrons. The van der Waals surface area contributed by atoms with Gasteiger partial charge in [0, 0.05) is 17.5 Å². The van der Waals surface area contributed by atoms with E-state index in [-0.39, 0.29) is 0 Å². The van der Waals surface area contributed by atoms with E-state index in [0.29, 0.717) is 0 Å². The molecule has 0 spiro atoms. The summed E-state index contributed by atoms with van der Waals surface area (Å²) in [5.41, 5.74) is 7.15. The Balaban J connectivity index is 2.07. The largest absolute Gasteiger partial charge is 0.258 e. The van der Waals surface area contributed by atoms with Crippen molar-refractivity contribution in [3.63, 3.8) is 0 Å². The molecule has 0 N–H and O–H groups in total. The number of aryl methyl sites for hydroxylation is 3. The number of rotatable bonds is 4. The van der Waals surface area contributed by atoms with E-state index in [1.165, 1.54) is 16.7 Å². The molecule has 0 bridgehead atoms. The molecule has 0 saturated carbocycles. The Morgan fingerprint density at radius 2 is 1.76 bits per heavy atom. The van der Waals surface area contributed by atoms with Crippen molar-refractivity contribution in [3.8, 4) is 11.3 Å². The topological polar surface area (TPSA) is 29.6 Å². The van der Waals surface area contributed by atoms with Crippen LogP contribution in [0.3, 0.4) is 0 Å². The van der Waals surface area contributed by atoms with Gasteiger partial charge in [0.05, 0.1) is 11.9 Å². The Labute approximate surface area is 153 Å². The lowest BCUT2D eigenvalue weighted by Gasteiger charge is -2.06. The summed E-state index contributed by atoms with van der Waals surface area (Å²) in [6.07, 6.45) is 1.89. The molecule has 0 saturated heterocycles. The Hall–Kier alpha value is -2.46. The van der Waals surface area contributed by atoms with E-state index in [2.05, 4.69) is 73.6 Å². The molecule has 0 fully saturated rings. The molecule has 1 heterocycles. The molecule has 0 unspecified atom stereocenters. The molecule has 0 atom stereocenters. The van der Waals surface area contributed by atoms with Gasteiger partial charge in [-0.15, -0.1) is 11.3 Å². The van der Waals surface area contributed by atoms with Crippen LogP contribution in [0.25, 0.3) is 11.3 Å². The van der Waals surface area contributed by atoms with E-state index in [1.807, 2.05) is 17.8 Å². The summed E-state index contributed by atoms with van der Waals surface area (Å²) in [5.74, 6) is 0. The Morgan fingerprint density at radius 1 is 1.00 bits per heavy atom. The molecular formula is C21H23N3S. The Bertz CT molecular complexity index is 960. The molecule has 3 nitrogen and oxygen atoms in total. The fourth-order valence-corrected chi connectivity index (χ4v) is 3.43. The minimum Gasteiger partial charge on any atom is -0.258 e. The van der Waals surface area contributed by atoms with Gasteiger partial charge in [-0.3, -0.25) is 4.99 Å². The van der Waals surface area contributed by atoms with Crippen molar-refractivity contribution in [2.24, 2.45) is 10.1 Å². The number of hydrogen-bond acceptors (Lipinski definition) is 3. The van der Waals surface area contributed by atoms with E-state index in [9.17, 15) is 0 Å². The molecular weight excluding hydrogens is 326 g/mol. The highest BCUT2D eigenvalue weighted by Gasteiger charge is 2.08. The first kappa shape index (κ1) is 17.4. The molecule has 128 valence electrons. The highest BCUT2D eigenvalue weighted by molar-refractivity contribution is 7.07. The molecule has 25 heavy (non-hydrogen) atoms. The summed E-state index contributed by atoms with van der Waals surface area (Å²) in [6, 6.07) is 14.9. The van der Waals surface area contributed by atoms with Gasteiger partial charge in [0.15, 0.2) is 0 Å². The average Bonchev–Trinajstić information content (AvgIpc) is 3.00. The van der Waals surface area contributed by atoms with Gasteiger partial charge in [0.2, 0.25) is 4.80 Å². The molecule has 3 rings (SSSR count). The fraction of sp³-hybridized carbons (Fsp3) is 0.238. The SMILES string of the molecule is CCN=c1scc(-c2ccc(C)c(C)c2)n1N=Cc1ccc(C)cc1.